The van der Waals surface area contributed by atoms with Gasteiger partial charge in [0.1, 0.15) is 37.9 Å². The molecule has 0 radical (unpaired) electrons. The predicted molar refractivity (Wildman–Crippen MR) is 176 cm³/mol. The summed E-state index contributed by atoms with van der Waals surface area (Å²) in [6.45, 7) is 3.09. The molecule has 49 heavy (non-hydrogen) atoms. The number of H-pyrrole nitrogens is 2. The number of aryl methyl sites for hydroxylation is 2. The highest BCUT2D eigenvalue weighted by Gasteiger charge is 2.38. The van der Waals surface area contributed by atoms with Gasteiger partial charge in [-0.1, -0.05) is 51.4 Å². The Labute approximate surface area is 283 Å². The van der Waals surface area contributed by atoms with E-state index in [1.165, 1.54) is 17.0 Å². The number of hydrogen-bond donors (Lipinski definition) is 2. The molecule has 14 nitrogen and oxygen atoms in total. The smallest absolute Gasteiger partial charge is 0.330 e. The average Bonchev–Trinajstić information content (AvgIpc) is 3.69. The van der Waals surface area contributed by atoms with E-state index in [0.29, 0.717) is 36.8 Å². The Morgan fingerprint density at radius 1 is 0.714 bits per heavy atom. The van der Waals surface area contributed by atoms with Gasteiger partial charge in [0, 0.05) is 42.8 Å². The zero-order chi connectivity index (χ0) is 35.3. The van der Waals surface area contributed by atoms with Crippen molar-refractivity contribution in [3.8, 4) is 0 Å². The van der Waals surface area contributed by atoms with Crippen molar-refractivity contribution in [1.29, 1.82) is 0 Å². The van der Waals surface area contributed by atoms with Crippen LogP contribution < -0.4 is 22.5 Å². The number of alkyl halides is 1. The number of ether oxygens (including phenoxy) is 4. The fourth-order valence-corrected chi connectivity index (χ4v) is 6.08. The number of rotatable bonds is 19. The molecule has 0 aromatic carbocycles. The molecule has 2 aliphatic rings. The van der Waals surface area contributed by atoms with Gasteiger partial charge in [-0.25, -0.2) is 14.0 Å². The lowest BCUT2D eigenvalue weighted by atomic mass is 10.1. The summed E-state index contributed by atoms with van der Waals surface area (Å²) in [5, 5.41) is 0. The van der Waals surface area contributed by atoms with E-state index in [4.69, 9.17) is 18.9 Å². The maximum Gasteiger partial charge on any atom is 0.330 e. The summed E-state index contributed by atoms with van der Waals surface area (Å²) in [7, 11) is 0. The molecule has 2 fully saturated rings. The summed E-state index contributed by atoms with van der Waals surface area (Å²) < 4.78 is 39.1. The van der Waals surface area contributed by atoms with Crippen molar-refractivity contribution in [2.45, 2.75) is 141 Å². The number of nitrogens with zero attached hydrogens (tertiary/aromatic N) is 2. The van der Waals surface area contributed by atoms with Crippen molar-refractivity contribution in [2.24, 2.45) is 0 Å². The van der Waals surface area contributed by atoms with E-state index < -0.39 is 53.2 Å². The number of hydrogen-bond acceptors (Lipinski definition) is 10. The molecule has 5 atom stereocenters. The normalized spacial score (nSPS) is 22.0. The largest absolute Gasteiger partial charge is 0.463 e. The third kappa shape index (κ3) is 11.6. The zero-order valence-electron chi connectivity index (χ0n) is 28.4. The van der Waals surface area contributed by atoms with Crippen LogP contribution >= 0.6 is 0 Å². The minimum absolute atomic E-state index is 0.0748. The first kappa shape index (κ1) is 38.0. The Bertz CT molecular complexity index is 1630. The molecule has 15 heteroatoms. The Kier molecular flexibility index (Phi) is 14.6. The highest BCUT2D eigenvalue weighted by molar-refractivity contribution is 5.69. The SMILES string of the molecule is Cc1cn([C@@H]2CC[C@H](COC(=O)CCCCCCCCCCCCC(=O)OC[C@H]3O[C@@H](n4cc(C)c(=O)[nH]c4=O)C[C@@H]3F)O2)c(=O)[nH]c1=O. The monoisotopic (exact) mass is 692 g/mol. The van der Waals surface area contributed by atoms with Crippen molar-refractivity contribution in [3.05, 3.63) is 65.2 Å². The Morgan fingerprint density at radius 3 is 1.71 bits per heavy atom. The number of nitrogens with one attached hydrogen (secondary N) is 2. The summed E-state index contributed by atoms with van der Waals surface area (Å²) in [5.41, 5.74) is -1.37. The minimum Gasteiger partial charge on any atom is -0.463 e. The van der Waals surface area contributed by atoms with Gasteiger partial charge in [0.2, 0.25) is 0 Å². The molecule has 2 N–H and O–H groups in total. The summed E-state index contributed by atoms with van der Waals surface area (Å²) >= 11 is 0. The molecule has 4 rings (SSSR count). The lowest BCUT2D eigenvalue weighted by Gasteiger charge is -2.16. The molecule has 4 heterocycles. The van der Waals surface area contributed by atoms with Gasteiger partial charge in [-0.05, 0) is 39.5 Å². The first-order valence-electron chi connectivity index (χ1n) is 17.4. The lowest BCUT2D eigenvalue weighted by molar-refractivity contribution is -0.150. The van der Waals surface area contributed by atoms with Crippen LogP contribution in [-0.4, -0.2) is 62.6 Å². The van der Waals surface area contributed by atoms with Crippen molar-refractivity contribution in [2.75, 3.05) is 13.2 Å². The molecule has 272 valence electrons. The second kappa shape index (κ2) is 18.8. The molecular weight excluding hydrogens is 643 g/mol. The molecular formula is C34H49FN4O10. The standard InChI is InChI=1S/C34H49FN4O10/c1-22-18-38(33(44)36-31(22)42)27-16-15-24(48-27)20-46-29(40)13-11-9-7-5-3-4-6-8-10-12-14-30(41)47-21-26-25(35)17-28(49-26)39-19-23(2)32(43)37-34(39)45/h18-19,24-28H,3-17,20-21H2,1-2H3,(H,36,42,44)(H,37,43,45)/t24-,25+,26-,27+,28-/m1/s1. The molecule has 2 aromatic rings. The van der Waals surface area contributed by atoms with E-state index >= 15 is 0 Å². The topological polar surface area (TPSA) is 181 Å². The van der Waals surface area contributed by atoms with Crippen LogP contribution in [0.3, 0.4) is 0 Å². The molecule has 0 saturated carbocycles. The number of esters is 2. The van der Waals surface area contributed by atoms with E-state index in [1.54, 1.807) is 13.8 Å². The van der Waals surface area contributed by atoms with Gasteiger partial charge in [0.15, 0.2) is 0 Å². The van der Waals surface area contributed by atoms with E-state index in [-0.39, 0.29) is 38.1 Å². The number of halogens is 1. The second-order valence-electron chi connectivity index (χ2n) is 13.0. The maximum absolute atomic E-state index is 14.5. The summed E-state index contributed by atoms with van der Waals surface area (Å²) in [4.78, 5) is 76.0. The average molecular weight is 693 g/mol. The Morgan fingerprint density at radius 2 is 1.18 bits per heavy atom. The quantitative estimate of drug-likeness (QED) is 0.163. The highest BCUT2D eigenvalue weighted by atomic mass is 19.1. The number of aromatic nitrogens is 4. The Hall–Kier alpha value is -3.85. The number of carbonyl (C=O) groups excluding carboxylic acids is 2. The first-order valence-corrected chi connectivity index (χ1v) is 17.4. The summed E-state index contributed by atoms with van der Waals surface area (Å²) in [6, 6.07) is 0. The van der Waals surface area contributed by atoms with E-state index in [0.717, 1.165) is 62.4 Å². The van der Waals surface area contributed by atoms with Crippen LogP contribution in [0.15, 0.2) is 31.6 Å². The van der Waals surface area contributed by atoms with Gasteiger partial charge in [0.25, 0.3) is 11.1 Å². The third-order valence-corrected chi connectivity index (χ3v) is 9.01. The molecule has 0 aliphatic carbocycles. The lowest BCUT2D eigenvalue weighted by Crippen LogP contribution is -2.33. The van der Waals surface area contributed by atoms with Gasteiger partial charge in [-0.2, -0.15) is 0 Å². The van der Waals surface area contributed by atoms with Gasteiger partial charge < -0.3 is 18.9 Å². The third-order valence-electron chi connectivity index (χ3n) is 9.01. The molecule has 0 spiro atoms. The van der Waals surface area contributed by atoms with Crippen LogP contribution in [0.25, 0.3) is 0 Å². The van der Waals surface area contributed by atoms with Gasteiger partial charge in [0.05, 0.1) is 6.10 Å². The highest BCUT2D eigenvalue weighted by Crippen LogP contribution is 2.30. The van der Waals surface area contributed by atoms with Crippen molar-refractivity contribution in [3.63, 3.8) is 0 Å². The van der Waals surface area contributed by atoms with Gasteiger partial charge in [-0.3, -0.25) is 38.3 Å². The molecule has 0 unspecified atom stereocenters. The van der Waals surface area contributed by atoms with Gasteiger partial charge in [-0.15, -0.1) is 0 Å². The van der Waals surface area contributed by atoms with Crippen LogP contribution in [0.1, 0.15) is 120 Å². The van der Waals surface area contributed by atoms with Crippen molar-refractivity contribution < 1.29 is 32.9 Å². The molecule has 0 amide bonds. The predicted octanol–water partition coefficient (Wildman–Crippen LogP) is 3.77. The van der Waals surface area contributed by atoms with Crippen LogP contribution in [0.5, 0.6) is 0 Å². The van der Waals surface area contributed by atoms with E-state index in [2.05, 4.69) is 9.97 Å². The molecule has 2 aromatic heterocycles. The number of carbonyl (C=O) groups is 2. The van der Waals surface area contributed by atoms with Crippen molar-refractivity contribution in [1.82, 2.24) is 19.1 Å². The molecule has 2 saturated heterocycles. The first-order chi connectivity index (χ1) is 23.5. The second-order valence-corrected chi connectivity index (χ2v) is 13.0. The van der Waals surface area contributed by atoms with Crippen molar-refractivity contribution >= 4 is 11.9 Å². The summed E-state index contributed by atoms with van der Waals surface area (Å²) in [5.74, 6) is -0.660. The fraction of sp³-hybridized carbons (Fsp3) is 0.706. The number of aromatic amines is 2. The van der Waals surface area contributed by atoms with Gasteiger partial charge >= 0.3 is 23.3 Å². The maximum atomic E-state index is 14.5. The minimum atomic E-state index is -1.40. The fourth-order valence-electron chi connectivity index (χ4n) is 6.08. The van der Waals surface area contributed by atoms with Crippen LogP contribution in [0, 0.1) is 13.8 Å². The Balaban J connectivity index is 0.940. The van der Waals surface area contributed by atoms with Crippen LogP contribution in [0.2, 0.25) is 0 Å². The number of unbranched alkanes of at least 4 members (excludes halogenated alkanes) is 9. The zero-order valence-corrected chi connectivity index (χ0v) is 28.4. The van der Waals surface area contributed by atoms with E-state index in [1.807, 2.05) is 0 Å². The molecule has 0 bridgehead atoms. The van der Waals surface area contributed by atoms with Crippen LogP contribution in [0.4, 0.5) is 4.39 Å². The summed E-state index contributed by atoms with van der Waals surface area (Å²) in [6.07, 6.45) is 10.4. The van der Waals surface area contributed by atoms with Crippen LogP contribution in [-0.2, 0) is 28.5 Å². The van der Waals surface area contributed by atoms with E-state index in [9.17, 15) is 33.2 Å². The molecule has 2 aliphatic heterocycles.